The summed E-state index contributed by atoms with van der Waals surface area (Å²) in [4.78, 5) is 26.1. The molecule has 0 aliphatic carbocycles. The number of ether oxygens (including phenoxy) is 2. The van der Waals surface area contributed by atoms with Gasteiger partial charge in [-0.1, -0.05) is 29.8 Å². The molecule has 7 nitrogen and oxygen atoms in total. The number of hydrogen-bond acceptors (Lipinski definition) is 5. The molecule has 3 rings (SSSR count). The fraction of sp³-hybridized carbons (Fsp3) is 0.286. The van der Waals surface area contributed by atoms with Crippen LogP contribution in [0.1, 0.15) is 21.6 Å². The predicted molar refractivity (Wildman–Crippen MR) is 110 cm³/mol. The maximum Gasteiger partial charge on any atom is 0.343 e. The Hall–Kier alpha value is -3.06. The van der Waals surface area contributed by atoms with Gasteiger partial charge < -0.3 is 14.4 Å². The maximum atomic E-state index is 12.4. The molecule has 0 bridgehead atoms. The molecule has 1 aromatic heterocycles. The third kappa shape index (κ3) is 4.51. The summed E-state index contributed by atoms with van der Waals surface area (Å²) in [5.41, 5.74) is 1.60. The molecule has 1 amide bonds. The number of aryl methyl sites for hydroxylation is 2. The van der Waals surface area contributed by atoms with Gasteiger partial charge in [0.15, 0.2) is 6.61 Å². The van der Waals surface area contributed by atoms with E-state index in [4.69, 9.17) is 21.1 Å². The van der Waals surface area contributed by atoms with Crippen LogP contribution in [0.3, 0.4) is 0 Å². The normalized spacial score (nSPS) is 10.8. The number of methoxy groups -OCH3 is 1. The van der Waals surface area contributed by atoms with E-state index in [-0.39, 0.29) is 23.2 Å². The van der Waals surface area contributed by atoms with E-state index in [1.54, 1.807) is 28.1 Å². The first kappa shape index (κ1) is 20.7. The summed E-state index contributed by atoms with van der Waals surface area (Å²) in [6.07, 6.45) is 0. The summed E-state index contributed by atoms with van der Waals surface area (Å²) in [5, 5.41) is 6.36. The van der Waals surface area contributed by atoms with Crippen molar-refractivity contribution in [2.45, 2.75) is 13.5 Å². The van der Waals surface area contributed by atoms with Gasteiger partial charge in [-0.05, 0) is 41.5 Å². The Morgan fingerprint density at radius 1 is 1.17 bits per heavy atom. The van der Waals surface area contributed by atoms with Gasteiger partial charge in [0.1, 0.15) is 16.5 Å². The van der Waals surface area contributed by atoms with Gasteiger partial charge in [-0.25, -0.2) is 4.79 Å². The second-order valence-corrected chi connectivity index (χ2v) is 7.11. The molecular formula is C21H22ClN3O4. The second-order valence-electron chi connectivity index (χ2n) is 6.75. The number of amides is 1. The zero-order chi connectivity index (χ0) is 21.1. The van der Waals surface area contributed by atoms with Crippen LogP contribution >= 0.6 is 11.6 Å². The lowest BCUT2D eigenvalue weighted by atomic mass is 10.1. The van der Waals surface area contributed by atoms with Crippen LogP contribution in [0.15, 0.2) is 36.4 Å². The Morgan fingerprint density at radius 2 is 1.86 bits per heavy atom. The quantitative estimate of drug-likeness (QED) is 0.577. The molecular weight excluding hydrogens is 394 g/mol. The zero-order valence-corrected chi connectivity index (χ0v) is 17.5. The van der Waals surface area contributed by atoms with E-state index >= 15 is 0 Å². The molecule has 0 aliphatic rings. The number of benzene rings is 2. The van der Waals surface area contributed by atoms with Crippen molar-refractivity contribution in [2.75, 3.05) is 20.8 Å². The number of halogens is 1. The van der Waals surface area contributed by atoms with Gasteiger partial charge in [0.05, 0.1) is 12.8 Å². The van der Waals surface area contributed by atoms with E-state index in [1.807, 2.05) is 36.4 Å². The van der Waals surface area contributed by atoms with E-state index < -0.39 is 5.97 Å². The standard InChI is InChI=1S/C21H22ClN3O4/c1-13-19(20(22)25(3)23-13)21(27)29-12-18(26)24(2)11-14-5-6-16-10-17(28-4)8-7-15(16)9-14/h5-10H,11-12H2,1-4H3. The van der Waals surface area contributed by atoms with Crippen molar-refractivity contribution in [1.82, 2.24) is 14.7 Å². The fourth-order valence-corrected chi connectivity index (χ4v) is 3.28. The molecule has 0 saturated carbocycles. The van der Waals surface area contributed by atoms with Crippen LogP contribution in [-0.4, -0.2) is 47.3 Å². The van der Waals surface area contributed by atoms with Crippen molar-refractivity contribution < 1.29 is 19.1 Å². The molecule has 1 heterocycles. The van der Waals surface area contributed by atoms with Crippen LogP contribution in [0.4, 0.5) is 0 Å². The summed E-state index contributed by atoms with van der Waals surface area (Å²) < 4.78 is 11.8. The van der Waals surface area contributed by atoms with Crippen LogP contribution < -0.4 is 4.74 Å². The number of esters is 1. The van der Waals surface area contributed by atoms with E-state index in [2.05, 4.69) is 5.10 Å². The molecule has 0 aliphatic heterocycles. The van der Waals surface area contributed by atoms with Gasteiger partial charge in [-0.2, -0.15) is 5.10 Å². The van der Waals surface area contributed by atoms with Crippen LogP contribution in [0.5, 0.6) is 5.75 Å². The van der Waals surface area contributed by atoms with Crippen molar-refractivity contribution in [3.63, 3.8) is 0 Å². The lowest BCUT2D eigenvalue weighted by Crippen LogP contribution is -2.30. The number of carbonyl (C=O) groups excluding carboxylic acids is 2. The summed E-state index contributed by atoms with van der Waals surface area (Å²) in [6, 6.07) is 11.8. The molecule has 152 valence electrons. The minimum absolute atomic E-state index is 0.176. The second kappa shape index (κ2) is 8.53. The molecule has 0 N–H and O–H groups in total. The first-order valence-electron chi connectivity index (χ1n) is 8.97. The van der Waals surface area contributed by atoms with Crippen LogP contribution in [0, 0.1) is 6.92 Å². The lowest BCUT2D eigenvalue weighted by Gasteiger charge is -2.17. The summed E-state index contributed by atoms with van der Waals surface area (Å²) in [7, 11) is 4.92. The highest BCUT2D eigenvalue weighted by Crippen LogP contribution is 2.22. The smallest absolute Gasteiger partial charge is 0.343 e. The van der Waals surface area contributed by atoms with Crippen LogP contribution in [0.2, 0.25) is 5.15 Å². The highest BCUT2D eigenvalue weighted by molar-refractivity contribution is 6.32. The topological polar surface area (TPSA) is 73.7 Å². The van der Waals surface area contributed by atoms with Gasteiger partial charge >= 0.3 is 5.97 Å². The summed E-state index contributed by atoms with van der Waals surface area (Å²) in [6.45, 7) is 1.68. The molecule has 0 radical (unpaired) electrons. The summed E-state index contributed by atoms with van der Waals surface area (Å²) in [5.74, 6) is -0.184. The average Bonchev–Trinajstić information content (AvgIpc) is 2.96. The van der Waals surface area contributed by atoms with E-state index in [0.29, 0.717) is 12.2 Å². The maximum absolute atomic E-state index is 12.4. The number of rotatable bonds is 6. The van der Waals surface area contributed by atoms with Crippen molar-refractivity contribution in [3.8, 4) is 5.75 Å². The number of fused-ring (bicyclic) bond motifs is 1. The molecule has 0 spiro atoms. The number of nitrogens with zero attached hydrogens (tertiary/aromatic N) is 3. The number of hydrogen-bond donors (Lipinski definition) is 0. The monoisotopic (exact) mass is 415 g/mol. The summed E-state index contributed by atoms with van der Waals surface area (Å²) >= 11 is 6.06. The molecule has 0 atom stereocenters. The number of likely N-dealkylation sites (N-methyl/N-ethyl adjacent to an activating group) is 1. The Labute approximate surface area is 173 Å². The molecule has 0 fully saturated rings. The Kier molecular flexibility index (Phi) is 6.08. The molecule has 29 heavy (non-hydrogen) atoms. The fourth-order valence-electron chi connectivity index (χ4n) is 3.03. The third-order valence-electron chi connectivity index (χ3n) is 4.64. The average molecular weight is 416 g/mol. The van der Waals surface area contributed by atoms with Crippen molar-refractivity contribution >= 4 is 34.2 Å². The van der Waals surface area contributed by atoms with Crippen molar-refractivity contribution in [3.05, 3.63) is 58.4 Å². The zero-order valence-electron chi connectivity index (χ0n) is 16.7. The number of carbonyl (C=O) groups is 2. The SMILES string of the molecule is COc1ccc2cc(CN(C)C(=O)COC(=O)c3c(C)nn(C)c3Cl)ccc2c1. The minimum Gasteiger partial charge on any atom is -0.497 e. The molecule has 0 unspecified atom stereocenters. The first-order chi connectivity index (χ1) is 13.8. The third-order valence-corrected chi connectivity index (χ3v) is 5.07. The van der Waals surface area contributed by atoms with Crippen LogP contribution in [0.25, 0.3) is 10.8 Å². The Bertz CT molecular complexity index is 1080. The van der Waals surface area contributed by atoms with Gasteiger partial charge in [-0.3, -0.25) is 9.48 Å². The Balaban J connectivity index is 1.61. The molecule has 8 heteroatoms. The van der Waals surface area contributed by atoms with Gasteiger partial charge in [0.25, 0.3) is 5.91 Å². The Morgan fingerprint density at radius 3 is 2.52 bits per heavy atom. The van der Waals surface area contributed by atoms with E-state index in [1.165, 1.54) is 9.58 Å². The lowest BCUT2D eigenvalue weighted by molar-refractivity contribution is -0.133. The first-order valence-corrected chi connectivity index (χ1v) is 9.35. The van der Waals surface area contributed by atoms with Gasteiger partial charge in [0.2, 0.25) is 0 Å². The molecule has 0 saturated heterocycles. The largest absolute Gasteiger partial charge is 0.497 e. The van der Waals surface area contributed by atoms with Crippen molar-refractivity contribution in [1.29, 1.82) is 0 Å². The van der Waals surface area contributed by atoms with E-state index in [9.17, 15) is 9.59 Å². The highest BCUT2D eigenvalue weighted by Gasteiger charge is 2.22. The number of aromatic nitrogens is 2. The molecule has 2 aromatic carbocycles. The minimum atomic E-state index is -0.665. The highest BCUT2D eigenvalue weighted by atomic mass is 35.5. The predicted octanol–water partition coefficient (Wildman–Crippen LogP) is 3.36. The van der Waals surface area contributed by atoms with Gasteiger partial charge in [0, 0.05) is 20.6 Å². The van der Waals surface area contributed by atoms with Gasteiger partial charge in [-0.15, -0.1) is 0 Å². The molecule has 3 aromatic rings. The van der Waals surface area contributed by atoms with Crippen molar-refractivity contribution in [2.24, 2.45) is 7.05 Å². The van der Waals surface area contributed by atoms with Crippen LogP contribution in [-0.2, 0) is 23.1 Å². The van der Waals surface area contributed by atoms with E-state index in [0.717, 1.165) is 22.1 Å².